The molecule has 2 aliphatic rings. The van der Waals surface area contributed by atoms with E-state index in [0.29, 0.717) is 11.5 Å². The zero-order chi connectivity index (χ0) is 19.3. The first-order valence-electron chi connectivity index (χ1n) is 9.42. The van der Waals surface area contributed by atoms with Crippen LogP contribution in [0.1, 0.15) is 74.7 Å². The zero-order valence-corrected chi connectivity index (χ0v) is 17.3. The van der Waals surface area contributed by atoms with E-state index in [9.17, 15) is 10.2 Å². The maximum Gasteiger partial charge on any atom is 0.102 e. The Kier molecular flexibility index (Phi) is 4.83. The molecule has 25 heavy (non-hydrogen) atoms. The van der Waals surface area contributed by atoms with Crippen molar-refractivity contribution in [3.63, 3.8) is 0 Å². The van der Waals surface area contributed by atoms with E-state index in [1.807, 2.05) is 0 Å². The largest absolute Gasteiger partial charge is 0.511 e. The molecule has 2 heteroatoms. The van der Waals surface area contributed by atoms with Crippen LogP contribution in [0.5, 0.6) is 0 Å². The highest BCUT2D eigenvalue weighted by molar-refractivity contribution is 5.38. The Hall–Kier alpha value is -1.44. The summed E-state index contributed by atoms with van der Waals surface area (Å²) in [4.78, 5) is 0. The van der Waals surface area contributed by atoms with Crippen LogP contribution >= 0.6 is 0 Å². The molecule has 0 saturated carbocycles. The first-order chi connectivity index (χ1) is 11.2. The minimum Gasteiger partial charge on any atom is -0.511 e. The fourth-order valence-corrected chi connectivity index (χ4v) is 4.26. The standard InChI is InChI=1S/C23H36O2/c1-20(2,3)16-11-9-13-22(7,18(16)24)15-23(8)14-10-12-17(19(23)25)21(4,5)6/h9-12,24-25H,13-15H2,1-8H3. The number of hydrogen-bond donors (Lipinski definition) is 2. The molecule has 0 spiro atoms. The Morgan fingerprint density at radius 2 is 1.08 bits per heavy atom. The van der Waals surface area contributed by atoms with E-state index in [-0.39, 0.29) is 21.7 Å². The lowest BCUT2D eigenvalue weighted by Gasteiger charge is -2.44. The minimum atomic E-state index is -0.353. The summed E-state index contributed by atoms with van der Waals surface area (Å²) in [5, 5.41) is 22.2. The highest BCUT2D eigenvalue weighted by Crippen LogP contribution is 2.53. The lowest BCUT2D eigenvalue weighted by atomic mass is 9.62. The fraction of sp³-hybridized carbons (Fsp3) is 0.652. The van der Waals surface area contributed by atoms with Crippen molar-refractivity contribution in [2.45, 2.75) is 74.7 Å². The van der Waals surface area contributed by atoms with Crippen LogP contribution in [0, 0.1) is 21.7 Å². The summed E-state index contributed by atoms with van der Waals surface area (Å²) in [7, 11) is 0. The van der Waals surface area contributed by atoms with Crippen molar-refractivity contribution in [3.05, 3.63) is 47.0 Å². The van der Waals surface area contributed by atoms with Gasteiger partial charge >= 0.3 is 0 Å². The molecule has 2 nitrogen and oxygen atoms in total. The van der Waals surface area contributed by atoms with Crippen LogP contribution < -0.4 is 0 Å². The van der Waals surface area contributed by atoms with Crippen molar-refractivity contribution in [3.8, 4) is 0 Å². The molecule has 0 aromatic rings. The smallest absolute Gasteiger partial charge is 0.102 e. The second-order valence-corrected chi connectivity index (χ2v) is 10.5. The Balaban J connectivity index is 2.45. The molecule has 2 N–H and O–H groups in total. The Bertz CT molecular complexity index is 603. The molecule has 0 bridgehead atoms. The van der Waals surface area contributed by atoms with E-state index in [4.69, 9.17) is 0 Å². The minimum absolute atomic E-state index is 0.0932. The van der Waals surface area contributed by atoms with E-state index >= 15 is 0 Å². The second kappa shape index (κ2) is 6.07. The normalized spacial score (nSPS) is 31.0. The van der Waals surface area contributed by atoms with Gasteiger partial charge in [-0.1, -0.05) is 79.7 Å². The molecule has 0 amide bonds. The summed E-state index contributed by atoms with van der Waals surface area (Å²) >= 11 is 0. The quantitative estimate of drug-likeness (QED) is 0.564. The van der Waals surface area contributed by atoms with Gasteiger partial charge in [0.25, 0.3) is 0 Å². The van der Waals surface area contributed by atoms with Gasteiger partial charge in [-0.2, -0.15) is 0 Å². The van der Waals surface area contributed by atoms with Gasteiger partial charge in [0.15, 0.2) is 0 Å². The summed E-state index contributed by atoms with van der Waals surface area (Å²) in [6.45, 7) is 17.1. The van der Waals surface area contributed by atoms with Crippen molar-refractivity contribution >= 4 is 0 Å². The van der Waals surface area contributed by atoms with Crippen molar-refractivity contribution < 1.29 is 10.2 Å². The van der Waals surface area contributed by atoms with Gasteiger partial charge in [0, 0.05) is 10.8 Å². The monoisotopic (exact) mass is 344 g/mol. The third kappa shape index (κ3) is 3.73. The van der Waals surface area contributed by atoms with E-state index < -0.39 is 0 Å². The molecule has 0 fully saturated rings. The maximum atomic E-state index is 11.1. The van der Waals surface area contributed by atoms with Crippen LogP contribution in [0.2, 0.25) is 0 Å². The van der Waals surface area contributed by atoms with Gasteiger partial charge in [-0.3, -0.25) is 0 Å². The fourth-order valence-electron chi connectivity index (χ4n) is 4.26. The molecule has 140 valence electrons. The van der Waals surface area contributed by atoms with Crippen LogP contribution in [0.25, 0.3) is 0 Å². The molecule has 2 aliphatic carbocycles. The Morgan fingerprint density at radius 1 is 0.760 bits per heavy atom. The van der Waals surface area contributed by atoms with Crippen LogP contribution in [-0.2, 0) is 0 Å². The Labute approximate surface area is 154 Å². The van der Waals surface area contributed by atoms with E-state index in [1.165, 1.54) is 0 Å². The van der Waals surface area contributed by atoms with Gasteiger partial charge in [0.2, 0.25) is 0 Å². The lowest BCUT2D eigenvalue weighted by Crippen LogP contribution is -2.35. The summed E-state index contributed by atoms with van der Waals surface area (Å²) in [5.41, 5.74) is 1.13. The molecule has 2 atom stereocenters. The molecule has 0 radical (unpaired) electrons. The summed E-state index contributed by atoms with van der Waals surface area (Å²) in [6, 6.07) is 0. The molecular weight excluding hydrogens is 308 g/mol. The summed E-state index contributed by atoms with van der Waals surface area (Å²) < 4.78 is 0. The number of allylic oxidation sites excluding steroid dienone is 8. The average molecular weight is 345 g/mol. The topological polar surface area (TPSA) is 40.5 Å². The lowest BCUT2D eigenvalue weighted by molar-refractivity contribution is 0.116. The molecule has 0 aliphatic heterocycles. The maximum absolute atomic E-state index is 11.1. The molecular formula is C23H36O2. The van der Waals surface area contributed by atoms with Gasteiger partial charge in [0.1, 0.15) is 11.5 Å². The number of hydrogen-bond acceptors (Lipinski definition) is 2. The van der Waals surface area contributed by atoms with Gasteiger partial charge in [-0.25, -0.2) is 0 Å². The van der Waals surface area contributed by atoms with Crippen LogP contribution in [0.4, 0.5) is 0 Å². The molecule has 0 aromatic heterocycles. The van der Waals surface area contributed by atoms with Crippen LogP contribution in [0.3, 0.4) is 0 Å². The molecule has 0 saturated heterocycles. The van der Waals surface area contributed by atoms with E-state index in [1.54, 1.807) is 0 Å². The highest BCUT2D eigenvalue weighted by atomic mass is 16.3. The Morgan fingerprint density at radius 3 is 1.36 bits per heavy atom. The van der Waals surface area contributed by atoms with Crippen LogP contribution in [0.15, 0.2) is 47.0 Å². The SMILES string of the molecule is CC(C)(C)C1=C(O)C(C)(CC2(C)CC=CC(C(C)(C)C)=C2O)CC=C1. The summed E-state index contributed by atoms with van der Waals surface area (Å²) in [5.74, 6) is 0.978. The summed E-state index contributed by atoms with van der Waals surface area (Å²) in [6.07, 6.45) is 10.8. The predicted molar refractivity (Wildman–Crippen MR) is 107 cm³/mol. The van der Waals surface area contributed by atoms with E-state index in [0.717, 1.165) is 30.4 Å². The predicted octanol–water partition coefficient (Wildman–Crippen LogP) is 7.03. The van der Waals surface area contributed by atoms with Gasteiger partial charge < -0.3 is 10.2 Å². The first-order valence-corrected chi connectivity index (χ1v) is 9.42. The van der Waals surface area contributed by atoms with Crippen molar-refractivity contribution in [1.82, 2.24) is 0 Å². The average Bonchev–Trinajstić information content (AvgIpc) is 2.42. The van der Waals surface area contributed by atoms with Crippen molar-refractivity contribution in [1.29, 1.82) is 0 Å². The number of aliphatic hydroxyl groups is 2. The van der Waals surface area contributed by atoms with Crippen molar-refractivity contribution in [2.75, 3.05) is 0 Å². The molecule has 2 rings (SSSR count). The first kappa shape index (κ1) is 19.9. The number of aliphatic hydroxyl groups excluding tert-OH is 2. The third-order valence-electron chi connectivity index (χ3n) is 5.76. The van der Waals surface area contributed by atoms with Crippen LogP contribution in [-0.4, -0.2) is 10.2 Å². The van der Waals surface area contributed by atoms with Crippen molar-refractivity contribution in [2.24, 2.45) is 21.7 Å². The van der Waals surface area contributed by atoms with E-state index in [2.05, 4.69) is 79.7 Å². The van der Waals surface area contributed by atoms with Gasteiger partial charge in [-0.05, 0) is 41.2 Å². The second-order valence-electron chi connectivity index (χ2n) is 10.5. The number of rotatable bonds is 2. The van der Waals surface area contributed by atoms with Gasteiger partial charge in [0.05, 0.1) is 0 Å². The van der Waals surface area contributed by atoms with Gasteiger partial charge in [-0.15, -0.1) is 0 Å². The highest BCUT2D eigenvalue weighted by Gasteiger charge is 2.45. The third-order valence-corrected chi connectivity index (χ3v) is 5.76. The molecule has 2 unspecified atom stereocenters. The molecule has 0 heterocycles. The molecule has 0 aromatic carbocycles. The zero-order valence-electron chi connectivity index (χ0n) is 17.3.